The number of para-hydroxylation sites is 2. The fraction of sp³-hybridized carbons (Fsp3) is 0.119. The van der Waals surface area contributed by atoms with Crippen LogP contribution in [0.3, 0.4) is 0 Å². The number of benzene rings is 14. The van der Waals surface area contributed by atoms with Crippen molar-refractivity contribution in [3.8, 4) is 44.5 Å². The Balaban J connectivity index is 0.931. The number of nitrogens with zero attached hydrogens (tertiary/aromatic N) is 2. The molecule has 0 saturated carbocycles. The van der Waals surface area contributed by atoms with Crippen LogP contribution in [0.15, 0.2) is 279 Å². The van der Waals surface area contributed by atoms with Crippen molar-refractivity contribution < 1.29 is 0 Å². The molecule has 0 aliphatic heterocycles. The summed E-state index contributed by atoms with van der Waals surface area (Å²) in [6.07, 6.45) is 6.74. The molecule has 0 fully saturated rings. The summed E-state index contributed by atoms with van der Waals surface area (Å²) in [5, 5.41) is 12.3. The first-order valence-corrected chi connectivity index (χ1v) is 31.0. The monoisotopic (exact) mass is 1110 g/mol. The molecule has 0 aliphatic rings. The smallest absolute Gasteiger partial charge is 0.0496 e. The van der Waals surface area contributed by atoms with Crippen LogP contribution in [0.4, 0.5) is 34.1 Å². The molecule has 0 spiro atoms. The van der Waals surface area contributed by atoms with Gasteiger partial charge in [-0.05, 0) is 221 Å². The Morgan fingerprint density at radius 1 is 0.279 bits per heavy atom. The number of aryl methyl sites for hydroxylation is 2. The van der Waals surface area contributed by atoms with Crippen molar-refractivity contribution in [3.63, 3.8) is 0 Å². The van der Waals surface area contributed by atoms with E-state index in [1.807, 2.05) is 0 Å². The van der Waals surface area contributed by atoms with Crippen LogP contribution >= 0.6 is 0 Å². The molecule has 2 nitrogen and oxygen atoms in total. The predicted octanol–water partition coefficient (Wildman–Crippen LogP) is 24.4. The van der Waals surface area contributed by atoms with Gasteiger partial charge in [-0.2, -0.15) is 0 Å². The van der Waals surface area contributed by atoms with Crippen LogP contribution in [-0.2, 0) is 12.8 Å². The summed E-state index contributed by atoms with van der Waals surface area (Å²) in [5.74, 6) is 0. The van der Waals surface area contributed by atoms with Crippen LogP contribution in [0.5, 0.6) is 0 Å². The second-order valence-electron chi connectivity index (χ2n) is 23.2. The largest absolute Gasteiger partial charge is 0.310 e. The van der Waals surface area contributed by atoms with Gasteiger partial charge in [0.05, 0.1) is 0 Å². The van der Waals surface area contributed by atoms with Gasteiger partial charge in [0.1, 0.15) is 0 Å². The van der Waals surface area contributed by atoms with Crippen LogP contribution in [-0.4, -0.2) is 0 Å². The summed E-state index contributed by atoms with van der Waals surface area (Å²) < 4.78 is 0. The standard InChI is InChI=1S/C84H70N2/c1-5-7-30-59-31-28-51-79(58(59)4)85(62-34-11-9-12-35-62)64-38-26-32-60(55-64)81-69-43-17-21-47-73(69)83(74-48-22-18-44-70(74)81)77-53-54-78(68-42-16-15-41-67(68)77)84-75-49-23-19-45-71(75)82(72-46-20-24-50-76(72)84)61-33-27-39-65(56-61)86(63-36-13-10-14-37-63)80-52-25-29-57(3)66(80)40-8-6-2/h9-29,31-39,41-56H,5-8,30,40H2,1-4H3. The van der Waals surface area contributed by atoms with Gasteiger partial charge in [-0.25, -0.2) is 0 Å². The van der Waals surface area contributed by atoms with E-state index in [9.17, 15) is 0 Å². The van der Waals surface area contributed by atoms with Crippen LogP contribution in [0, 0.1) is 13.8 Å². The van der Waals surface area contributed by atoms with Crippen molar-refractivity contribution in [1.29, 1.82) is 0 Å². The quantitative estimate of drug-likeness (QED) is 0.0890. The minimum absolute atomic E-state index is 1.03. The zero-order chi connectivity index (χ0) is 58.1. The number of anilines is 6. The van der Waals surface area contributed by atoms with Gasteiger partial charge in [-0.1, -0.05) is 245 Å². The van der Waals surface area contributed by atoms with E-state index in [-0.39, 0.29) is 0 Å². The molecule has 0 heterocycles. The highest BCUT2D eigenvalue weighted by molar-refractivity contribution is 6.27. The molecule has 86 heavy (non-hydrogen) atoms. The average Bonchev–Trinajstić information content (AvgIpc) is 0.983. The minimum Gasteiger partial charge on any atom is -0.310 e. The lowest BCUT2D eigenvalue weighted by atomic mass is 9.82. The van der Waals surface area contributed by atoms with Gasteiger partial charge in [0, 0.05) is 34.1 Å². The van der Waals surface area contributed by atoms with Crippen molar-refractivity contribution in [2.24, 2.45) is 0 Å². The Morgan fingerprint density at radius 2 is 0.628 bits per heavy atom. The highest BCUT2D eigenvalue weighted by Gasteiger charge is 2.25. The molecule has 0 aromatic heterocycles. The van der Waals surface area contributed by atoms with E-state index in [0.717, 1.165) is 48.4 Å². The van der Waals surface area contributed by atoms with E-state index in [1.54, 1.807) is 0 Å². The van der Waals surface area contributed by atoms with Gasteiger partial charge in [-0.15, -0.1) is 0 Å². The van der Waals surface area contributed by atoms with Gasteiger partial charge in [0.2, 0.25) is 0 Å². The molecule has 14 rings (SSSR count). The Bertz CT molecular complexity index is 4710. The fourth-order valence-corrected chi connectivity index (χ4v) is 13.9. The van der Waals surface area contributed by atoms with Crippen molar-refractivity contribution >= 4 is 88.0 Å². The molecule has 0 N–H and O–H groups in total. The SMILES string of the molecule is CCCCc1cccc(N(c2ccccc2)c2cccc(-c3c4ccccc4c(-c4ccc(-c5c6ccccc6c(-c6cccc(N(c7ccccc7)c7cccc(C)c7CCCC)c6)c6ccccc56)c5ccccc45)c4ccccc34)c2)c1C. The zero-order valence-corrected chi connectivity index (χ0v) is 49.7. The Morgan fingerprint density at radius 3 is 1.07 bits per heavy atom. The van der Waals surface area contributed by atoms with Gasteiger partial charge in [-0.3, -0.25) is 0 Å². The third-order valence-corrected chi connectivity index (χ3v) is 18.0. The molecule has 0 bridgehead atoms. The second kappa shape index (κ2) is 23.6. The molecule has 0 atom stereocenters. The van der Waals surface area contributed by atoms with E-state index in [4.69, 9.17) is 0 Å². The van der Waals surface area contributed by atoms with Crippen LogP contribution in [0.25, 0.3) is 98.4 Å². The maximum atomic E-state index is 2.47. The van der Waals surface area contributed by atoms with E-state index < -0.39 is 0 Å². The van der Waals surface area contributed by atoms with Crippen LogP contribution < -0.4 is 9.80 Å². The first-order valence-electron chi connectivity index (χ1n) is 31.0. The van der Waals surface area contributed by atoms with Gasteiger partial charge >= 0.3 is 0 Å². The number of hydrogen-bond acceptors (Lipinski definition) is 2. The van der Waals surface area contributed by atoms with Crippen molar-refractivity contribution in [1.82, 2.24) is 0 Å². The van der Waals surface area contributed by atoms with E-state index in [2.05, 4.69) is 317 Å². The third-order valence-electron chi connectivity index (χ3n) is 18.0. The maximum Gasteiger partial charge on any atom is 0.0496 e. The number of hydrogen-bond donors (Lipinski definition) is 0. The van der Waals surface area contributed by atoms with Gasteiger partial charge in [0.25, 0.3) is 0 Å². The number of fused-ring (bicyclic) bond motifs is 5. The molecule has 14 aromatic rings. The highest BCUT2D eigenvalue weighted by atomic mass is 15.1. The van der Waals surface area contributed by atoms with Crippen LogP contribution in [0.1, 0.15) is 61.8 Å². The van der Waals surface area contributed by atoms with Gasteiger partial charge in [0.15, 0.2) is 0 Å². The highest BCUT2D eigenvalue weighted by Crippen LogP contribution is 2.51. The number of rotatable bonds is 16. The number of unbranched alkanes of at least 4 members (excludes halogenated alkanes) is 2. The average molecular weight is 1110 g/mol. The molecular weight excluding hydrogens is 1040 g/mol. The lowest BCUT2D eigenvalue weighted by Crippen LogP contribution is -2.13. The normalized spacial score (nSPS) is 11.5. The summed E-state index contributed by atoms with van der Waals surface area (Å²) in [6, 6.07) is 104. The lowest BCUT2D eigenvalue weighted by molar-refractivity contribution is 0.791. The second-order valence-corrected chi connectivity index (χ2v) is 23.2. The Labute approximate surface area is 506 Å². The van der Waals surface area contributed by atoms with Crippen molar-refractivity contribution in [2.75, 3.05) is 9.80 Å². The zero-order valence-electron chi connectivity index (χ0n) is 49.7. The summed E-state index contributed by atoms with van der Waals surface area (Å²) >= 11 is 0. The maximum absolute atomic E-state index is 2.47. The fourth-order valence-electron chi connectivity index (χ4n) is 13.9. The minimum atomic E-state index is 1.03. The van der Waals surface area contributed by atoms with Gasteiger partial charge < -0.3 is 9.80 Å². The molecule has 2 heteroatoms. The van der Waals surface area contributed by atoms with E-state index >= 15 is 0 Å². The molecule has 0 saturated heterocycles. The first-order chi connectivity index (χ1) is 42.5. The topological polar surface area (TPSA) is 6.48 Å². The van der Waals surface area contributed by atoms with Crippen LogP contribution in [0.2, 0.25) is 0 Å². The summed E-state index contributed by atoms with van der Waals surface area (Å²) in [5.41, 5.74) is 22.3. The first kappa shape index (κ1) is 54.0. The lowest BCUT2D eigenvalue weighted by Gasteiger charge is -2.29. The molecule has 14 aromatic carbocycles. The van der Waals surface area contributed by atoms with E-state index in [0.29, 0.717) is 0 Å². The summed E-state index contributed by atoms with van der Waals surface area (Å²) in [4.78, 5) is 4.93. The van der Waals surface area contributed by atoms with Crippen molar-refractivity contribution in [3.05, 3.63) is 301 Å². The molecular formula is C84H70N2. The molecule has 0 aliphatic carbocycles. The Kier molecular flexibility index (Phi) is 14.8. The molecule has 0 amide bonds. The van der Waals surface area contributed by atoms with E-state index in [1.165, 1.54) is 145 Å². The van der Waals surface area contributed by atoms with Crippen molar-refractivity contribution in [2.45, 2.75) is 66.2 Å². The molecule has 416 valence electrons. The molecule has 0 unspecified atom stereocenters. The summed E-state index contributed by atoms with van der Waals surface area (Å²) in [7, 11) is 0. The third kappa shape index (κ3) is 9.66. The summed E-state index contributed by atoms with van der Waals surface area (Å²) in [6.45, 7) is 9.13. The Hall–Kier alpha value is -10.0. The molecule has 0 radical (unpaired) electrons. The predicted molar refractivity (Wildman–Crippen MR) is 372 cm³/mol.